The number of hydrogen-bond acceptors (Lipinski definition) is 3. The maximum Gasteiger partial charge on any atom is 0.261 e. The minimum atomic E-state index is -3.72. The van der Waals surface area contributed by atoms with Crippen LogP contribution in [-0.4, -0.2) is 14.2 Å². The van der Waals surface area contributed by atoms with Crippen LogP contribution in [0.5, 0.6) is 0 Å². The second kappa shape index (κ2) is 6.16. The molecule has 0 atom stereocenters. The highest BCUT2D eigenvalue weighted by Gasteiger charge is 2.17. The minimum Gasteiger partial charge on any atom is -0.295 e. The highest BCUT2D eigenvalue weighted by molar-refractivity contribution is 7.92. The van der Waals surface area contributed by atoms with E-state index >= 15 is 0 Å². The molecule has 0 aromatic heterocycles. The number of sulfonamides is 1. The predicted molar refractivity (Wildman–Crippen MR) is 92.4 cm³/mol. The Bertz CT molecular complexity index is 816. The summed E-state index contributed by atoms with van der Waals surface area (Å²) in [7, 11) is -3.72. The predicted octanol–water partition coefficient (Wildman–Crippen LogP) is 3.99. The third-order valence-corrected chi connectivity index (χ3v) is 4.93. The molecule has 4 nitrogen and oxygen atoms in total. The van der Waals surface area contributed by atoms with E-state index in [0.717, 1.165) is 5.56 Å². The molecule has 1 N–H and O–H groups in total. The van der Waals surface area contributed by atoms with Gasteiger partial charge in [-0.25, -0.2) is 8.42 Å². The van der Waals surface area contributed by atoms with E-state index in [-0.39, 0.29) is 16.1 Å². The molecule has 0 heterocycles. The number of nitrogens with one attached hydrogen (secondary N) is 1. The maximum atomic E-state index is 12.4. The molecule has 0 radical (unpaired) electrons. The third-order valence-electron chi connectivity index (χ3n) is 3.55. The highest BCUT2D eigenvalue weighted by Crippen LogP contribution is 2.24. The summed E-state index contributed by atoms with van der Waals surface area (Å²) >= 11 is 0. The summed E-state index contributed by atoms with van der Waals surface area (Å²) in [6.45, 7) is 7.70. The Labute approximate surface area is 137 Å². The molecule has 2 aromatic carbocycles. The molecule has 0 aliphatic heterocycles. The van der Waals surface area contributed by atoms with E-state index in [1.165, 1.54) is 19.1 Å². The number of carbonyl (C=O) groups is 1. The summed E-state index contributed by atoms with van der Waals surface area (Å²) in [6.07, 6.45) is 0. The number of rotatable bonds is 4. The van der Waals surface area contributed by atoms with Gasteiger partial charge in [0.25, 0.3) is 10.0 Å². The zero-order valence-electron chi connectivity index (χ0n) is 13.8. The van der Waals surface area contributed by atoms with E-state index < -0.39 is 10.0 Å². The lowest BCUT2D eigenvalue weighted by molar-refractivity contribution is 0.101. The minimum absolute atomic E-state index is 0.00717. The Kier molecular flexibility index (Phi) is 4.61. The van der Waals surface area contributed by atoms with Gasteiger partial charge < -0.3 is 0 Å². The molecule has 0 spiro atoms. The lowest BCUT2D eigenvalue weighted by Crippen LogP contribution is -2.14. The molecule has 23 heavy (non-hydrogen) atoms. The van der Waals surface area contributed by atoms with Crippen LogP contribution in [-0.2, 0) is 15.4 Å². The molecule has 0 aliphatic carbocycles. The first-order valence-electron chi connectivity index (χ1n) is 7.34. The average Bonchev–Trinajstić information content (AvgIpc) is 2.46. The molecule has 0 bridgehead atoms. The van der Waals surface area contributed by atoms with E-state index in [2.05, 4.69) is 25.5 Å². The number of Topliss-reactive ketones (excluding diaryl/α,β-unsaturated/α-hetero) is 1. The molecule has 5 heteroatoms. The molecular weight excluding hydrogens is 310 g/mol. The van der Waals surface area contributed by atoms with Crippen molar-refractivity contribution >= 4 is 21.5 Å². The van der Waals surface area contributed by atoms with Crippen LogP contribution in [0.4, 0.5) is 5.69 Å². The van der Waals surface area contributed by atoms with Crippen molar-refractivity contribution in [2.75, 3.05) is 4.72 Å². The fraction of sp³-hybridized carbons (Fsp3) is 0.278. The summed E-state index contributed by atoms with van der Waals surface area (Å²) in [5, 5.41) is 0. The van der Waals surface area contributed by atoms with E-state index in [0.29, 0.717) is 11.3 Å². The fourth-order valence-electron chi connectivity index (χ4n) is 2.13. The Morgan fingerprint density at radius 1 is 1.00 bits per heavy atom. The maximum absolute atomic E-state index is 12.4. The summed E-state index contributed by atoms with van der Waals surface area (Å²) in [5.41, 5.74) is 1.99. The normalized spacial score (nSPS) is 12.0. The van der Waals surface area contributed by atoms with Gasteiger partial charge >= 0.3 is 0 Å². The summed E-state index contributed by atoms with van der Waals surface area (Å²) in [4.78, 5) is 11.5. The Hall–Kier alpha value is -2.14. The first kappa shape index (κ1) is 17.2. The number of hydrogen-bond donors (Lipinski definition) is 1. The van der Waals surface area contributed by atoms with Gasteiger partial charge in [-0.15, -0.1) is 0 Å². The van der Waals surface area contributed by atoms with Gasteiger partial charge in [0.1, 0.15) is 0 Å². The zero-order valence-corrected chi connectivity index (χ0v) is 14.6. The van der Waals surface area contributed by atoms with Crippen molar-refractivity contribution in [2.24, 2.45) is 0 Å². The van der Waals surface area contributed by atoms with E-state index in [9.17, 15) is 13.2 Å². The van der Waals surface area contributed by atoms with Gasteiger partial charge in [0.2, 0.25) is 0 Å². The molecule has 0 aliphatic rings. The van der Waals surface area contributed by atoms with Crippen LogP contribution in [0.1, 0.15) is 43.6 Å². The molecule has 0 fully saturated rings. The van der Waals surface area contributed by atoms with Crippen molar-refractivity contribution < 1.29 is 13.2 Å². The van der Waals surface area contributed by atoms with Crippen molar-refractivity contribution in [1.29, 1.82) is 0 Å². The van der Waals surface area contributed by atoms with Crippen molar-refractivity contribution in [3.63, 3.8) is 0 Å². The van der Waals surface area contributed by atoms with Crippen LogP contribution in [0.25, 0.3) is 0 Å². The molecule has 0 unspecified atom stereocenters. The van der Waals surface area contributed by atoms with Crippen molar-refractivity contribution in [3.05, 3.63) is 59.7 Å². The van der Waals surface area contributed by atoms with E-state index in [1.807, 2.05) is 12.1 Å². The average molecular weight is 331 g/mol. The first-order chi connectivity index (χ1) is 10.6. The van der Waals surface area contributed by atoms with Crippen LogP contribution in [0, 0.1) is 0 Å². The van der Waals surface area contributed by atoms with Gasteiger partial charge in [-0.1, -0.05) is 45.0 Å². The number of benzene rings is 2. The largest absolute Gasteiger partial charge is 0.295 e. The van der Waals surface area contributed by atoms with Gasteiger partial charge in [0.05, 0.1) is 4.90 Å². The summed E-state index contributed by atoms with van der Waals surface area (Å²) < 4.78 is 27.4. The van der Waals surface area contributed by atoms with Crippen LogP contribution >= 0.6 is 0 Å². The number of ketones is 1. The first-order valence-corrected chi connectivity index (χ1v) is 8.82. The zero-order chi connectivity index (χ0) is 17.3. The van der Waals surface area contributed by atoms with Gasteiger partial charge in [-0.05, 0) is 42.2 Å². The lowest BCUT2D eigenvalue weighted by Gasteiger charge is -2.19. The topological polar surface area (TPSA) is 63.2 Å². The lowest BCUT2D eigenvalue weighted by atomic mass is 9.87. The van der Waals surface area contributed by atoms with Crippen LogP contribution in [0.15, 0.2) is 53.4 Å². The Balaban J connectivity index is 2.28. The third kappa shape index (κ3) is 4.20. The van der Waals surface area contributed by atoms with Crippen molar-refractivity contribution in [3.8, 4) is 0 Å². The molecule has 2 rings (SSSR count). The molecular formula is C18H21NO3S. The molecule has 122 valence electrons. The standard InChI is InChI=1S/C18H21NO3S/c1-13(20)14-6-5-7-17(12-14)23(21,22)19-16-10-8-15(9-11-16)18(2,3)4/h5-12,19H,1-4H3. The molecule has 2 aromatic rings. The molecule has 0 saturated heterocycles. The van der Waals surface area contributed by atoms with Crippen LogP contribution < -0.4 is 4.72 Å². The van der Waals surface area contributed by atoms with Gasteiger partial charge in [-0.3, -0.25) is 9.52 Å². The van der Waals surface area contributed by atoms with Crippen molar-refractivity contribution in [2.45, 2.75) is 38.0 Å². The van der Waals surface area contributed by atoms with Gasteiger partial charge in [0.15, 0.2) is 5.78 Å². The van der Waals surface area contributed by atoms with Crippen LogP contribution in [0.2, 0.25) is 0 Å². The second-order valence-corrected chi connectivity index (χ2v) is 8.20. The second-order valence-electron chi connectivity index (χ2n) is 6.52. The number of anilines is 1. The Morgan fingerprint density at radius 2 is 1.61 bits per heavy atom. The van der Waals surface area contributed by atoms with Gasteiger partial charge in [-0.2, -0.15) is 0 Å². The monoisotopic (exact) mass is 331 g/mol. The molecule has 0 saturated carbocycles. The van der Waals surface area contributed by atoms with Crippen LogP contribution in [0.3, 0.4) is 0 Å². The van der Waals surface area contributed by atoms with Crippen molar-refractivity contribution in [1.82, 2.24) is 0 Å². The van der Waals surface area contributed by atoms with E-state index in [4.69, 9.17) is 0 Å². The summed E-state index contributed by atoms with van der Waals surface area (Å²) in [6, 6.07) is 13.3. The van der Waals surface area contributed by atoms with E-state index in [1.54, 1.807) is 24.3 Å². The highest BCUT2D eigenvalue weighted by atomic mass is 32.2. The SMILES string of the molecule is CC(=O)c1cccc(S(=O)(=O)Nc2ccc(C(C)(C)C)cc2)c1. The fourth-order valence-corrected chi connectivity index (χ4v) is 3.24. The molecule has 0 amide bonds. The number of carbonyl (C=O) groups excluding carboxylic acids is 1. The van der Waals surface area contributed by atoms with Gasteiger partial charge in [0, 0.05) is 11.3 Å². The summed E-state index contributed by atoms with van der Waals surface area (Å²) in [5.74, 6) is -0.170. The smallest absolute Gasteiger partial charge is 0.261 e. The Morgan fingerprint density at radius 3 is 2.13 bits per heavy atom. The quantitative estimate of drug-likeness (QED) is 0.862.